The number of aliphatic carboxylic acids is 1. The van der Waals surface area contributed by atoms with E-state index in [-0.39, 0.29) is 11.7 Å². The van der Waals surface area contributed by atoms with Gasteiger partial charge in [0.2, 0.25) is 0 Å². The first-order valence-electron chi connectivity index (χ1n) is 7.36. The predicted molar refractivity (Wildman–Crippen MR) is 88.8 cm³/mol. The van der Waals surface area contributed by atoms with Gasteiger partial charge in [-0.3, -0.25) is 4.79 Å². The fraction of sp³-hybridized carbons (Fsp3) is 0.467. The summed E-state index contributed by atoms with van der Waals surface area (Å²) in [7, 11) is 1.04. The number of carbonyl (C=O) groups excluding carboxylic acids is 1. The van der Waals surface area contributed by atoms with Crippen molar-refractivity contribution in [1.29, 1.82) is 0 Å². The lowest BCUT2D eigenvalue weighted by Gasteiger charge is -2.13. The number of benzene rings is 1. The van der Waals surface area contributed by atoms with E-state index in [1.807, 2.05) is 0 Å². The summed E-state index contributed by atoms with van der Waals surface area (Å²) < 4.78 is 10.1. The third-order valence-corrected chi connectivity index (χ3v) is 2.76. The van der Waals surface area contributed by atoms with E-state index in [9.17, 15) is 9.82 Å². The standard InChI is InChI=1S/C8H8O2.C5H12BNO3.C2H4O2/c9-5-4-7-2-1-3-8(10)6-7;1-7-5-4-9-2-3-10-6(5)8;1-2(3)4/h1-3,5-6,10H,4H2;5,7-8H,2-4H2,1H3;1H3,(H,3,4). The van der Waals surface area contributed by atoms with E-state index in [0.717, 1.165) is 18.8 Å². The number of nitrogens with one attached hydrogen (secondary N) is 1. The Bertz CT molecular complexity index is 483. The minimum absolute atomic E-state index is 0.0949. The van der Waals surface area contributed by atoms with E-state index in [0.29, 0.717) is 26.2 Å². The number of phenolic OH excluding ortho intramolecular Hbond substituents is 1. The van der Waals surface area contributed by atoms with Crippen molar-refractivity contribution >= 4 is 19.4 Å². The molecule has 1 atom stereocenters. The predicted octanol–water partition coefficient (Wildman–Crippen LogP) is -0.135. The lowest BCUT2D eigenvalue weighted by atomic mass is 9.79. The Morgan fingerprint density at radius 3 is 2.67 bits per heavy atom. The number of carbonyl (C=O) groups is 2. The normalized spacial score (nSPS) is 16.6. The van der Waals surface area contributed by atoms with Gasteiger partial charge in [0.1, 0.15) is 12.0 Å². The van der Waals surface area contributed by atoms with Crippen LogP contribution in [0, 0.1) is 0 Å². The van der Waals surface area contributed by atoms with Crippen molar-refractivity contribution < 1.29 is 34.2 Å². The molecule has 0 aliphatic carbocycles. The van der Waals surface area contributed by atoms with Gasteiger partial charge in [0.15, 0.2) is 0 Å². The van der Waals surface area contributed by atoms with Crippen LogP contribution in [-0.2, 0) is 25.4 Å². The molecular formula is C15H24BNO7. The van der Waals surface area contributed by atoms with Crippen LogP contribution in [0.2, 0.25) is 0 Å². The first-order valence-corrected chi connectivity index (χ1v) is 7.36. The Morgan fingerprint density at radius 1 is 1.46 bits per heavy atom. The molecule has 1 aliphatic heterocycles. The maximum absolute atomic E-state index is 10.0. The number of ether oxygens (including phenoxy) is 1. The molecule has 0 bridgehead atoms. The minimum Gasteiger partial charge on any atom is -0.508 e. The smallest absolute Gasteiger partial charge is 0.474 e. The molecule has 9 heteroatoms. The highest BCUT2D eigenvalue weighted by Crippen LogP contribution is 2.10. The van der Waals surface area contributed by atoms with Crippen LogP contribution in [0.5, 0.6) is 5.75 Å². The molecule has 1 aliphatic rings. The van der Waals surface area contributed by atoms with Gasteiger partial charge in [-0.1, -0.05) is 12.1 Å². The summed E-state index contributed by atoms with van der Waals surface area (Å²) in [5, 5.41) is 28.4. The van der Waals surface area contributed by atoms with Gasteiger partial charge in [-0.15, -0.1) is 0 Å². The summed E-state index contributed by atoms with van der Waals surface area (Å²) in [6.07, 6.45) is 1.18. The van der Waals surface area contributed by atoms with Crippen molar-refractivity contribution in [3.8, 4) is 5.75 Å². The molecular weight excluding hydrogens is 317 g/mol. The summed E-state index contributed by atoms with van der Waals surface area (Å²) in [5.74, 6) is -0.721. The Labute approximate surface area is 141 Å². The highest BCUT2D eigenvalue weighted by Gasteiger charge is 2.27. The fourth-order valence-electron chi connectivity index (χ4n) is 1.64. The SMILES string of the molecule is CC(=O)O.CNC1COCCOB1O.O=CCc1cccc(O)c1. The second-order valence-corrected chi connectivity index (χ2v) is 4.79. The van der Waals surface area contributed by atoms with Gasteiger partial charge in [0.05, 0.1) is 25.8 Å². The van der Waals surface area contributed by atoms with Crippen LogP contribution in [0.15, 0.2) is 24.3 Å². The number of carboxylic acid groups (broad SMARTS) is 1. The largest absolute Gasteiger partial charge is 0.508 e. The van der Waals surface area contributed by atoms with E-state index < -0.39 is 13.1 Å². The third-order valence-electron chi connectivity index (χ3n) is 2.76. The molecule has 4 N–H and O–H groups in total. The van der Waals surface area contributed by atoms with Crippen molar-refractivity contribution in [3.63, 3.8) is 0 Å². The molecule has 1 unspecified atom stereocenters. The topological polar surface area (TPSA) is 125 Å². The van der Waals surface area contributed by atoms with Gasteiger partial charge in [-0.05, 0) is 24.7 Å². The maximum atomic E-state index is 10.0. The number of aldehydes is 1. The number of phenols is 1. The highest BCUT2D eigenvalue weighted by atomic mass is 16.6. The molecule has 8 nitrogen and oxygen atoms in total. The zero-order valence-corrected chi connectivity index (χ0v) is 13.8. The Hall–Kier alpha value is -1.94. The molecule has 24 heavy (non-hydrogen) atoms. The maximum Gasteiger partial charge on any atom is 0.474 e. The van der Waals surface area contributed by atoms with E-state index >= 15 is 0 Å². The average molecular weight is 341 g/mol. The molecule has 1 heterocycles. The van der Waals surface area contributed by atoms with Gasteiger partial charge >= 0.3 is 7.12 Å². The van der Waals surface area contributed by atoms with Crippen molar-refractivity contribution in [2.75, 3.05) is 26.9 Å². The summed E-state index contributed by atoms with van der Waals surface area (Å²) in [6.45, 7) is 2.63. The molecule has 1 saturated heterocycles. The molecule has 2 rings (SSSR count). The molecule has 0 radical (unpaired) electrons. The van der Waals surface area contributed by atoms with Gasteiger partial charge in [0.25, 0.3) is 5.97 Å². The molecule has 1 aromatic carbocycles. The van der Waals surface area contributed by atoms with Gasteiger partial charge in [-0.25, -0.2) is 0 Å². The summed E-state index contributed by atoms with van der Waals surface area (Å²) in [6, 6.07) is 6.67. The number of rotatable bonds is 3. The van der Waals surface area contributed by atoms with Gasteiger partial charge in [0, 0.05) is 13.3 Å². The molecule has 0 spiro atoms. The van der Waals surface area contributed by atoms with Crippen molar-refractivity contribution in [1.82, 2.24) is 5.32 Å². The van der Waals surface area contributed by atoms with Gasteiger partial charge in [-0.2, -0.15) is 0 Å². The summed E-state index contributed by atoms with van der Waals surface area (Å²) in [5.41, 5.74) is 0.843. The molecule has 0 saturated carbocycles. The van der Waals surface area contributed by atoms with Crippen LogP contribution in [0.4, 0.5) is 0 Å². The molecule has 134 valence electrons. The Morgan fingerprint density at radius 2 is 2.12 bits per heavy atom. The molecule has 0 aromatic heterocycles. The van der Waals surface area contributed by atoms with E-state index in [1.165, 1.54) is 0 Å². The van der Waals surface area contributed by atoms with E-state index in [4.69, 9.17) is 24.4 Å². The number of aromatic hydroxyl groups is 1. The molecule has 0 amide bonds. The summed E-state index contributed by atoms with van der Waals surface area (Å²) >= 11 is 0. The van der Waals surface area contributed by atoms with Crippen LogP contribution in [0.25, 0.3) is 0 Å². The number of likely N-dealkylation sites (N-methyl/N-ethyl adjacent to an activating group) is 1. The second kappa shape index (κ2) is 13.5. The average Bonchev–Trinajstić information content (AvgIpc) is 2.72. The third kappa shape index (κ3) is 11.6. The van der Waals surface area contributed by atoms with Crippen molar-refractivity contribution in [2.24, 2.45) is 0 Å². The second-order valence-electron chi connectivity index (χ2n) is 4.79. The zero-order valence-electron chi connectivity index (χ0n) is 13.8. The van der Waals surface area contributed by atoms with Crippen molar-refractivity contribution in [3.05, 3.63) is 29.8 Å². The fourth-order valence-corrected chi connectivity index (χ4v) is 1.64. The zero-order chi connectivity index (χ0) is 18.4. The van der Waals surface area contributed by atoms with Crippen LogP contribution in [-0.4, -0.2) is 67.4 Å². The van der Waals surface area contributed by atoms with Gasteiger partial charge < -0.3 is 34.7 Å². The monoisotopic (exact) mass is 341 g/mol. The van der Waals surface area contributed by atoms with Crippen LogP contribution >= 0.6 is 0 Å². The quantitative estimate of drug-likeness (QED) is 0.442. The van der Waals surface area contributed by atoms with Crippen LogP contribution in [0.1, 0.15) is 12.5 Å². The number of hydrogen-bond acceptors (Lipinski definition) is 7. The Kier molecular flexibility index (Phi) is 12.4. The first-order chi connectivity index (χ1) is 11.4. The van der Waals surface area contributed by atoms with E-state index in [1.54, 1.807) is 31.3 Å². The van der Waals surface area contributed by atoms with Crippen LogP contribution in [0.3, 0.4) is 0 Å². The number of carboxylic acids is 1. The number of hydrogen-bond donors (Lipinski definition) is 4. The van der Waals surface area contributed by atoms with Crippen LogP contribution < -0.4 is 5.32 Å². The lowest BCUT2D eigenvalue weighted by Crippen LogP contribution is -2.45. The van der Waals surface area contributed by atoms with E-state index in [2.05, 4.69) is 5.32 Å². The minimum atomic E-state index is -0.833. The first kappa shape index (κ1) is 22.1. The highest BCUT2D eigenvalue weighted by molar-refractivity contribution is 6.45. The lowest BCUT2D eigenvalue weighted by molar-refractivity contribution is -0.134. The Balaban J connectivity index is 0.000000363. The summed E-state index contributed by atoms with van der Waals surface area (Å²) in [4.78, 5) is 19.0. The van der Waals surface area contributed by atoms with Crippen molar-refractivity contribution in [2.45, 2.75) is 19.3 Å². The molecule has 1 fully saturated rings. The molecule has 1 aromatic rings.